The number of anilines is 2. The van der Waals surface area contributed by atoms with E-state index in [0.29, 0.717) is 0 Å². The van der Waals surface area contributed by atoms with Gasteiger partial charge in [0.05, 0.1) is 0 Å². The molecule has 1 atom stereocenters. The third-order valence-corrected chi connectivity index (χ3v) is 3.64. The molecule has 0 spiro atoms. The molecule has 0 aromatic heterocycles. The minimum atomic E-state index is 0.188. The van der Waals surface area contributed by atoms with Crippen molar-refractivity contribution < 1.29 is 0 Å². The molecule has 3 N–H and O–H groups in total. The molecule has 3 nitrogen and oxygen atoms in total. The van der Waals surface area contributed by atoms with Crippen LogP contribution in [0.1, 0.15) is 26.7 Å². The number of nitrogens with zero attached hydrogens (tertiary/aromatic N) is 1. The molecule has 1 unspecified atom stereocenters. The summed E-state index contributed by atoms with van der Waals surface area (Å²) in [5.41, 5.74) is 8.22. The third kappa shape index (κ3) is 3.64. The molecular formula is C15H25N3. The fraction of sp³-hybridized carbons (Fsp3) is 0.600. The fourth-order valence-corrected chi connectivity index (χ4v) is 2.34. The molecule has 0 bridgehead atoms. The number of piperidine rings is 1. The monoisotopic (exact) mass is 247 g/mol. The Balaban J connectivity index is 1.91. The summed E-state index contributed by atoms with van der Waals surface area (Å²) < 4.78 is 0. The van der Waals surface area contributed by atoms with E-state index in [-0.39, 0.29) is 6.04 Å². The Labute approximate surface area is 110 Å². The van der Waals surface area contributed by atoms with E-state index in [4.69, 9.17) is 5.73 Å². The van der Waals surface area contributed by atoms with Crippen molar-refractivity contribution in [2.75, 3.05) is 29.9 Å². The van der Waals surface area contributed by atoms with Crippen LogP contribution in [0.4, 0.5) is 11.4 Å². The zero-order valence-corrected chi connectivity index (χ0v) is 11.5. The minimum Gasteiger partial charge on any atom is -0.383 e. The topological polar surface area (TPSA) is 41.3 Å². The average molecular weight is 247 g/mol. The van der Waals surface area contributed by atoms with E-state index in [1.54, 1.807) is 0 Å². The van der Waals surface area contributed by atoms with Crippen molar-refractivity contribution in [3.8, 4) is 0 Å². The van der Waals surface area contributed by atoms with Crippen LogP contribution in [-0.2, 0) is 0 Å². The highest BCUT2D eigenvalue weighted by molar-refractivity contribution is 5.55. The lowest BCUT2D eigenvalue weighted by atomic mass is 9.99. The van der Waals surface area contributed by atoms with Crippen LogP contribution in [0.15, 0.2) is 24.3 Å². The standard InChI is InChI=1S/C15H25N3/c1-12-7-9-18(10-8-12)15-5-3-14(4-6-15)17-11-13(2)16/h3-6,12-13,17H,7-11,16H2,1-2H3. The maximum absolute atomic E-state index is 5.73. The van der Waals surface area contributed by atoms with Gasteiger partial charge in [0, 0.05) is 37.1 Å². The van der Waals surface area contributed by atoms with Gasteiger partial charge in [-0.3, -0.25) is 0 Å². The first kappa shape index (κ1) is 13.2. The summed E-state index contributed by atoms with van der Waals surface area (Å²) in [5.74, 6) is 0.883. The molecule has 3 heteroatoms. The van der Waals surface area contributed by atoms with Crippen molar-refractivity contribution in [3.63, 3.8) is 0 Å². The molecule has 0 amide bonds. The lowest BCUT2D eigenvalue weighted by Gasteiger charge is -2.32. The molecule has 2 rings (SSSR count). The van der Waals surface area contributed by atoms with E-state index < -0.39 is 0 Å². The zero-order chi connectivity index (χ0) is 13.0. The van der Waals surface area contributed by atoms with Gasteiger partial charge in [-0.05, 0) is 49.9 Å². The van der Waals surface area contributed by atoms with Crippen LogP contribution in [0.3, 0.4) is 0 Å². The van der Waals surface area contributed by atoms with Gasteiger partial charge in [0.15, 0.2) is 0 Å². The molecule has 0 radical (unpaired) electrons. The Morgan fingerprint density at radius 3 is 2.44 bits per heavy atom. The van der Waals surface area contributed by atoms with E-state index >= 15 is 0 Å². The molecule has 1 aliphatic heterocycles. The Bertz CT molecular complexity index is 351. The van der Waals surface area contributed by atoms with Crippen LogP contribution in [0.5, 0.6) is 0 Å². The Morgan fingerprint density at radius 2 is 1.89 bits per heavy atom. The van der Waals surface area contributed by atoms with Crippen molar-refractivity contribution >= 4 is 11.4 Å². The van der Waals surface area contributed by atoms with Crippen LogP contribution < -0.4 is 16.0 Å². The normalized spacial score (nSPS) is 18.7. The Morgan fingerprint density at radius 1 is 1.28 bits per heavy atom. The Hall–Kier alpha value is -1.22. The predicted octanol–water partition coefficient (Wildman–Crippen LogP) is 2.68. The first-order valence-electron chi connectivity index (χ1n) is 6.99. The molecule has 1 heterocycles. The first-order valence-corrected chi connectivity index (χ1v) is 6.99. The third-order valence-electron chi connectivity index (χ3n) is 3.64. The lowest BCUT2D eigenvalue weighted by Crippen LogP contribution is -2.32. The Kier molecular flexibility index (Phi) is 4.48. The molecule has 1 aromatic carbocycles. The van der Waals surface area contributed by atoms with Crippen LogP contribution >= 0.6 is 0 Å². The molecule has 1 saturated heterocycles. The number of hydrogen-bond acceptors (Lipinski definition) is 3. The number of nitrogens with two attached hydrogens (primary N) is 1. The van der Waals surface area contributed by atoms with Crippen molar-refractivity contribution in [1.29, 1.82) is 0 Å². The van der Waals surface area contributed by atoms with Crippen molar-refractivity contribution in [2.24, 2.45) is 11.7 Å². The fourth-order valence-electron chi connectivity index (χ4n) is 2.34. The molecule has 0 aliphatic carbocycles. The van der Waals surface area contributed by atoms with Crippen LogP contribution in [-0.4, -0.2) is 25.7 Å². The van der Waals surface area contributed by atoms with Gasteiger partial charge in [0.2, 0.25) is 0 Å². The summed E-state index contributed by atoms with van der Waals surface area (Å²) >= 11 is 0. The quantitative estimate of drug-likeness (QED) is 0.859. The van der Waals surface area contributed by atoms with Gasteiger partial charge in [-0.15, -0.1) is 0 Å². The second kappa shape index (κ2) is 6.10. The summed E-state index contributed by atoms with van der Waals surface area (Å²) in [6, 6.07) is 8.90. The SMILES string of the molecule is CC(N)CNc1ccc(N2CCC(C)CC2)cc1. The summed E-state index contributed by atoms with van der Waals surface area (Å²) in [5, 5.41) is 3.34. The van der Waals surface area contributed by atoms with Gasteiger partial charge in [-0.1, -0.05) is 6.92 Å². The van der Waals surface area contributed by atoms with Crippen LogP contribution in [0.2, 0.25) is 0 Å². The molecule has 1 aromatic rings. The van der Waals surface area contributed by atoms with Crippen molar-refractivity contribution in [2.45, 2.75) is 32.7 Å². The van der Waals surface area contributed by atoms with Gasteiger partial charge >= 0.3 is 0 Å². The molecule has 0 saturated carbocycles. The average Bonchev–Trinajstić information content (AvgIpc) is 2.38. The first-order chi connectivity index (χ1) is 8.65. The molecule has 100 valence electrons. The maximum Gasteiger partial charge on any atom is 0.0367 e. The van der Waals surface area contributed by atoms with Gasteiger partial charge in [0.25, 0.3) is 0 Å². The summed E-state index contributed by atoms with van der Waals surface area (Å²) in [4.78, 5) is 2.48. The van der Waals surface area contributed by atoms with Crippen molar-refractivity contribution in [3.05, 3.63) is 24.3 Å². The van der Waals surface area contributed by atoms with Crippen molar-refractivity contribution in [1.82, 2.24) is 0 Å². The second-order valence-corrected chi connectivity index (χ2v) is 5.57. The van der Waals surface area contributed by atoms with E-state index in [2.05, 4.69) is 41.4 Å². The van der Waals surface area contributed by atoms with Gasteiger partial charge in [-0.25, -0.2) is 0 Å². The van der Waals surface area contributed by atoms with Gasteiger partial charge in [-0.2, -0.15) is 0 Å². The molecule has 18 heavy (non-hydrogen) atoms. The number of rotatable bonds is 4. The highest BCUT2D eigenvalue weighted by atomic mass is 15.1. The van der Waals surface area contributed by atoms with Crippen LogP contribution in [0, 0.1) is 5.92 Å². The minimum absolute atomic E-state index is 0.188. The van der Waals surface area contributed by atoms with E-state index in [1.807, 2.05) is 6.92 Å². The maximum atomic E-state index is 5.73. The molecule has 1 fully saturated rings. The summed E-state index contributed by atoms with van der Waals surface area (Å²) in [6.07, 6.45) is 2.62. The highest BCUT2D eigenvalue weighted by Crippen LogP contribution is 2.24. The smallest absolute Gasteiger partial charge is 0.0367 e. The number of nitrogens with one attached hydrogen (secondary N) is 1. The van der Waals surface area contributed by atoms with E-state index in [0.717, 1.165) is 18.2 Å². The highest BCUT2D eigenvalue weighted by Gasteiger charge is 2.15. The largest absolute Gasteiger partial charge is 0.383 e. The second-order valence-electron chi connectivity index (χ2n) is 5.57. The number of hydrogen-bond donors (Lipinski definition) is 2. The van der Waals surface area contributed by atoms with Gasteiger partial charge < -0.3 is 16.0 Å². The zero-order valence-electron chi connectivity index (χ0n) is 11.5. The predicted molar refractivity (Wildman–Crippen MR) is 79.2 cm³/mol. The van der Waals surface area contributed by atoms with Crippen LogP contribution in [0.25, 0.3) is 0 Å². The summed E-state index contributed by atoms with van der Waals surface area (Å²) in [6.45, 7) is 7.55. The molecule has 1 aliphatic rings. The summed E-state index contributed by atoms with van der Waals surface area (Å²) in [7, 11) is 0. The van der Waals surface area contributed by atoms with Gasteiger partial charge in [0.1, 0.15) is 0 Å². The van der Waals surface area contributed by atoms with E-state index in [9.17, 15) is 0 Å². The number of benzene rings is 1. The molecular weight excluding hydrogens is 222 g/mol. The lowest BCUT2D eigenvalue weighted by molar-refractivity contribution is 0.438. The van der Waals surface area contributed by atoms with E-state index in [1.165, 1.54) is 31.6 Å².